The molecule has 0 bridgehead atoms. The molecule has 0 radical (unpaired) electrons. The lowest BCUT2D eigenvalue weighted by Gasteiger charge is -2.21. The third-order valence-electron chi connectivity index (χ3n) is 7.37. The molecule has 0 spiro atoms. The number of hydrogen-bond acceptors (Lipinski definition) is 3. The van der Waals surface area contributed by atoms with E-state index in [4.69, 9.17) is 9.47 Å². The van der Waals surface area contributed by atoms with Gasteiger partial charge in [-0.05, 0) is 91.5 Å². The Balaban J connectivity index is 1.20. The van der Waals surface area contributed by atoms with E-state index in [1.54, 1.807) is 0 Å². The van der Waals surface area contributed by atoms with Crippen LogP contribution in [-0.4, -0.2) is 6.61 Å². The van der Waals surface area contributed by atoms with Crippen molar-refractivity contribution in [1.82, 2.24) is 0 Å². The number of rotatable bonds is 11. The fourth-order valence-electron chi connectivity index (χ4n) is 5.31. The minimum atomic E-state index is 0.594. The van der Waals surface area contributed by atoms with E-state index in [1.807, 2.05) is 6.07 Å². The standard InChI is InChI=1S/C32H39NO2/c1-24-19-28(21-30(20-24)34-18-8-13-25-9-4-2-5-10-25)33-32-17-16-29(22-31(32)27-14-15-27)35-23-26-11-6-3-7-12-26/h3,6-7,11-12,16-17,19-22,25,27,33H,2,4-5,8-10,13-15,18,23H2,1H3. The van der Waals surface area contributed by atoms with E-state index in [2.05, 4.69) is 72.9 Å². The van der Waals surface area contributed by atoms with Crippen LogP contribution in [0.1, 0.15) is 80.4 Å². The molecule has 0 unspecified atom stereocenters. The van der Waals surface area contributed by atoms with Crippen molar-refractivity contribution in [2.75, 3.05) is 11.9 Å². The number of benzene rings is 3. The molecule has 0 heterocycles. The molecular formula is C32H39NO2. The lowest BCUT2D eigenvalue weighted by Crippen LogP contribution is -2.08. The van der Waals surface area contributed by atoms with Gasteiger partial charge in [0.25, 0.3) is 0 Å². The van der Waals surface area contributed by atoms with Crippen molar-refractivity contribution in [1.29, 1.82) is 0 Å². The zero-order valence-electron chi connectivity index (χ0n) is 21.1. The highest BCUT2D eigenvalue weighted by molar-refractivity contribution is 5.67. The molecule has 0 atom stereocenters. The summed E-state index contributed by atoms with van der Waals surface area (Å²) in [6.45, 7) is 3.54. The second-order valence-electron chi connectivity index (χ2n) is 10.5. The monoisotopic (exact) mass is 469 g/mol. The summed E-state index contributed by atoms with van der Waals surface area (Å²) in [5.74, 6) is 3.44. The van der Waals surface area contributed by atoms with E-state index in [1.165, 1.54) is 73.7 Å². The average molecular weight is 470 g/mol. The Morgan fingerprint density at radius 3 is 2.43 bits per heavy atom. The van der Waals surface area contributed by atoms with Crippen molar-refractivity contribution in [3.05, 3.63) is 83.4 Å². The number of aryl methyl sites for hydroxylation is 1. The molecule has 2 aliphatic carbocycles. The van der Waals surface area contributed by atoms with Crippen LogP contribution in [0, 0.1) is 12.8 Å². The third kappa shape index (κ3) is 7.04. The molecule has 0 aliphatic heterocycles. The van der Waals surface area contributed by atoms with Crippen LogP contribution in [0.2, 0.25) is 0 Å². The first-order chi connectivity index (χ1) is 17.2. The first kappa shape index (κ1) is 23.8. The highest BCUT2D eigenvalue weighted by atomic mass is 16.5. The van der Waals surface area contributed by atoms with Gasteiger partial charge >= 0.3 is 0 Å². The molecule has 184 valence electrons. The Labute approximate surface area is 210 Å². The van der Waals surface area contributed by atoms with Crippen LogP contribution in [0.15, 0.2) is 66.7 Å². The summed E-state index contributed by atoms with van der Waals surface area (Å²) in [5.41, 5.74) is 6.02. The maximum atomic E-state index is 6.18. The maximum Gasteiger partial charge on any atom is 0.121 e. The number of anilines is 2. The van der Waals surface area contributed by atoms with Crippen LogP contribution in [0.5, 0.6) is 11.5 Å². The smallest absolute Gasteiger partial charge is 0.121 e. The van der Waals surface area contributed by atoms with Gasteiger partial charge < -0.3 is 14.8 Å². The zero-order chi connectivity index (χ0) is 23.9. The lowest BCUT2D eigenvalue weighted by atomic mass is 9.86. The van der Waals surface area contributed by atoms with Gasteiger partial charge in [0.2, 0.25) is 0 Å². The maximum absolute atomic E-state index is 6.18. The minimum Gasteiger partial charge on any atom is -0.494 e. The topological polar surface area (TPSA) is 30.5 Å². The van der Waals surface area contributed by atoms with Gasteiger partial charge in [0.15, 0.2) is 0 Å². The molecule has 3 aromatic rings. The SMILES string of the molecule is Cc1cc(Nc2ccc(OCc3ccccc3)cc2C2CC2)cc(OCCCC2CCCCC2)c1. The van der Waals surface area contributed by atoms with E-state index in [0.29, 0.717) is 12.5 Å². The minimum absolute atomic E-state index is 0.594. The molecule has 0 amide bonds. The van der Waals surface area contributed by atoms with Crippen LogP contribution in [0.25, 0.3) is 0 Å². The molecule has 35 heavy (non-hydrogen) atoms. The average Bonchev–Trinajstić information content (AvgIpc) is 3.73. The molecule has 2 fully saturated rings. The summed E-state index contributed by atoms with van der Waals surface area (Å²) in [5, 5.41) is 3.68. The fourth-order valence-corrected chi connectivity index (χ4v) is 5.31. The Morgan fingerprint density at radius 1 is 0.800 bits per heavy atom. The molecule has 3 nitrogen and oxygen atoms in total. The van der Waals surface area contributed by atoms with Gasteiger partial charge in [-0.25, -0.2) is 0 Å². The van der Waals surface area contributed by atoms with E-state index in [0.717, 1.165) is 36.1 Å². The third-order valence-corrected chi connectivity index (χ3v) is 7.37. The molecule has 0 aromatic heterocycles. The van der Waals surface area contributed by atoms with Gasteiger partial charge in [0.1, 0.15) is 18.1 Å². The van der Waals surface area contributed by atoms with Crippen molar-refractivity contribution in [3.8, 4) is 11.5 Å². The van der Waals surface area contributed by atoms with Crippen LogP contribution in [0.4, 0.5) is 11.4 Å². The molecule has 5 rings (SSSR count). The van der Waals surface area contributed by atoms with E-state index in [-0.39, 0.29) is 0 Å². The molecule has 1 N–H and O–H groups in total. The van der Waals surface area contributed by atoms with Crippen LogP contribution >= 0.6 is 0 Å². The predicted molar refractivity (Wildman–Crippen MR) is 145 cm³/mol. The van der Waals surface area contributed by atoms with E-state index in [9.17, 15) is 0 Å². The van der Waals surface area contributed by atoms with Crippen molar-refractivity contribution in [3.63, 3.8) is 0 Å². The highest BCUT2D eigenvalue weighted by Crippen LogP contribution is 2.45. The molecule has 2 saturated carbocycles. The van der Waals surface area contributed by atoms with E-state index >= 15 is 0 Å². The largest absolute Gasteiger partial charge is 0.494 e. The summed E-state index contributed by atoms with van der Waals surface area (Å²) in [4.78, 5) is 0. The van der Waals surface area contributed by atoms with Crippen molar-refractivity contribution < 1.29 is 9.47 Å². The summed E-state index contributed by atoms with van der Waals surface area (Å²) < 4.78 is 12.3. The molecule has 2 aliphatic rings. The second-order valence-corrected chi connectivity index (χ2v) is 10.5. The number of nitrogens with one attached hydrogen (secondary N) is 1. The van der Waals surface area contributed by atoms with Crippen molar-refractivity contribution in [2.24, 2.45) is 5.92 Å². The van der Waals surface area contributed by atoms with Crippen LogP contribution < -0.4 is 14.8 Å². The summed E-state index contributed by atoms with van der Waals surface area (Å²) in [6, 6.07) is 23.3. The van der Waals surface area contributed by atoms with E-state index < -0.39 is 0 Å². The van der Waals surface area contributed by atoms with Gasteiger partial charge in [0, 0.05) is 17.4 Å². The second kappa shape index (κ2) is 11.7. The fraction of sp³-hybridized carbons (Fsp3) is 0.438. The first-order valence-electron chi connectivity index (χ1n) is 13.5. The van der Waals surface area contributed by atoms with Crippen molar-refractivity contribution >= 4 is 11.4 Å². The lowest BCUT2D eigenvalue weighted by molar-refractivity contribution is 0.269. The Morgan fingerprint density at radius 2 is 1.63 bits per heavy atom. The van der Waals surface area contributed by atoms with Gasteiger partial charge in [0.05, 0.1) is 6.61 Å². The summed E-state index contributed by atoms with van der Waals surface area (Å²) in [7, 11) is 0. The first-order valence-corrected chi connectivity index (χ1v) is 13.5. The quantitative estimate of drug-likeness (QED) is 0.284. The molecule has 3 heteroatoms. The predicted octanol–water partition coefficient (Wildman–Crippen LogP) is 8.93. The Hall–Kier alpha value is -2.94. The highest BCUT2D eigenvalue weighted by Gasteiger charge is 2.27. The number of hydrogen-bond donors (Lipinski definition) is 1. The Kier molecular flexibility index (Phi) is 7.92. The van der Waals surface area contributed by atoms with Crippen LogP contribution in [-0.2, 0) is 6.61 Å². The zero-order valence-corrected chi connectivity index (χ0v) is 21.1. The molecular weight excluding hydrogens is 430 g/mol. The Bertz CT molecular complexity index is 1080. The molecule has 0 saturated heterocycles. The van der Waals surface area contributed by atoms with Gasteiger partial charge in [-0.3, -0.25) is 0 Å². The summed E-state index contributed by atoms with van der Waals surface area (Å²) in [6.07, 6.45) is 12.1. The normalized spacial score (nSPS) is 16.1. The summed E-state index contributed by atoms with van der Waals surface area (Å²) >= 11 is 0. The van der Waals surface area contributed by atoms with Gasteiger partial charge in [-0.2, -0.15) is 0 Å². The van der Waals surface area contributed by atoms with Gasteiger partial charge in [-0.1, -0.05) is 62.4 Å². The molecule has 3 aromatic carbocycles. The number of ether oxygens (including phenoxy) is 2. The van der Waals surface area contributed by atoms with Gasteiger partial charge in [-0.15, -0.1) is 0 Å². The van der Waals surface area contributed by atoms with Crippen molar-refractivity contribution in [2.45, 2.75) is 77.2 Å². The van der Waals surface area contributed by atoms with Crippen LogP contribution in [0.3, 0.4) is 0 Å².